The van der Waals surface area contributed by atoms with E-state index in [9.17, 15) is 13.2 Å². The molecule has 0 radical (unpaired) electrons. The standard InChI is InChI=1S/C17H21F3N4O2.HI/c1-11-12(2)26-15(24-11)10-23-16(21-3)22-8-9-25-14-7-5-4-6-13(14)17(18,19)20;/h4-7H,8-10H2,1-3H3,(H2,21,22,23);1H. The lowest BCUT2D eigenvalue weighted by atomic mass is 10.2. The van der Waals surface area contributed by atoms with Crippen LogP contribution in [0.25, 0.3) is 0 Å². The van der Waals surface area contributed by atoms with Crippen LogP contribution in [0.5, 0.6) is 5.75 Å². The van der Waals surface area contributed by atoms with Gasteiger partial charge in [-0.2, -0.15) is 13.2 Å². The topological polar surface area (TPSA) is 71.7 Å². The van der Waals surface area contributed by atoms with Gasteiger partial charge >= 0.3 is 6.18 Å². The first kappa shape index (κ1) is 23.1. The van der Waals surface area contributed by atoms with Crippen LogP contribution in [0.4, 0.5) is 13.2 Å². The van der Waals surface area contributed by atoms with Crippen LogP contribution < -0.4 is 15.4 Å². The van der Waals surface area contributed by atoms with Crippen molar-refractivity contribution in [2.45, 2.75) is 26.6 Å². The first-order valence-electron chi connectivity index (χ1n) is 7.97. The molecule has 2 N–H and O–H groups in total. The van der Waals surface area contributed by atoms with E-state index in [1.54, 1.807) is 7.05 Å². The Hall–Kier alpha value is -1.98. The van der Waals surface area contributed by atoms with Crippen LogP contribution in [0, 0.1) is 13.8 Å². The summed E-state index contributed by atoms with van der Waals surface area (Å²) in [5, 5.41) is 5.96. The second kappa shape index (κ2) is 10.4. The van der Waals surface area contributed by atoms with Gasteiger partial charge in [-0.15, -0.1) is 24.0 Å². The van der Waals surface area contributed by atoms with Crippen molar-refractivity contribution in [2.24, 2.45) is 4.99 Å². The molecule has 1 aromatic heterocycles. The van der Waals surface area contributed by atoms with Crippen LogP contribution in [-0.4, -0.2) is 31.1 Å². The number of aryl methyl sites for hydroxylation is 2. The third-order valence-corrected chi connectivity index (χ3v) is 3.55. The third kappa shape index (κ3) is 6.92. The van der Waals surface area contributed by atoms with Crippen molar-refractivity contribution >= 4 is 29.9 Å². The number of hydrogen-bond acceptors (Lipinski definition) is 4. The number of hydrogen-bond donors (Lipinski definition) is 2. The van der Waals surface area contributed by atoms with Crippen molar-refractivity contribution in [3.05, 3.63) is 47.2 Å². The first-order chi connectivity index (χ1) is 12.3. The number of guanidine groups is 1. The van der Waals surface area contributed by atoms with Crippen LogP contribution in [0.3, 0.4) is 0 Å². The third-order valence-electron chi connectivity index (χ3n) is 3.55. The maximum absolute atomic E-state index is 12.9. The Kier molecular flexibility index (Phi) is 8.86. The second-order valence-electron chi connectivity index (χ2n) is 5.44. The SMILES string of the molecule is CN=C(NCCOc1ccccc1C(F)(F)F)NCc1nc(C)c(C)o1.I. The number of oxazole rings is 1. The molecule has 0 bridgehead atoms. The second-order valence-corrected chi connectivity index (χ2v) is 5.44. The highest BCUT2D eigenvalue weighted by atomic mass is 127. The summed E-state index contributed by atoms with van der Waals surface area (Å²) in [6.07, 6.45) is -4.45. The molecule has 0 aliphatic heterocycles. The van der Waals surface area contributed by atoms with Crippen molar-refractivity contribution in [1.29, 1.82) is 0 Å². The van der Waals surface area contributed by atoms with E-state index in [1.165, 1.54) is 18.2 Å². The van der Waals surface area contributed by atoms with E-state index in [0.717, 1.165) is 17.5 Å². The average molecular weight is 498 g/mol. The monoisotopic (exact) mass is 498 g/mol. The molecule has 2 aromatic rings. The number of ether oxygens (including phenoxy) is 1. The van der Waals surface area contributed by atoms with Gasteiger partial charge in [0, 0.05) is 7.05 Å². The van der Waals surface area contributed by atoms with Crippen molar-refractivity contribution < 1.29 is 22.3 Å². The minimum Gasteiger partial charge on any atom is -0.491 e. The van der Waals surface area contributed by atoms with E-state index < -0.39 is 11.7 Å². The summed E-state index contributed by atoms with van der Waals surface area (Å²) in [5.74, 6) is 1.54. The van der Waals surface area contributed by atoms with E-state index in [1.807, 2.05) is 13.8 Å². The van der Waals surface area contributed by atoms with Crippen LogP contribution in [-0.2, 0) is 12.7 Å². The van der Waals surface area contributed by atoms with Gasteiger partial charge in [0.1, 0.15) is 18.1 Å². The Labute approximate surface area is 172 Å². The Morgan fingerprint density at radius 1 is 1.22 bits per heavy atom. The highest BCUT2D eigenvalue weighted by Gasteiger charge is 2.33. The Balaban J connectivity index is 0.00000364. The smallest absolute Gasteiger partial charge is 0.419 e. The maximum atomic E-state index is 12.9. The Morgan fingerprint density at radius 2 is 1.93 bits per heavy atom. The molecule has 0 saturated carbocycles. The zero-order chi connectivity index (χ0) is 19.2. The largest absolute Gasteiger partial charge is 0.491 e. The Morgan fingerprint density at radius 3 is 2.52 bits per heavy atom. The fourth-order valence-corrected chi connectivity index (χ4v) is 2.15. The molecule has 0 saturated heterocycles. The van der Waals surface area contributed by atoms with E-state index in [-0.39, 0.29) is 42.9 Å². The van der Waals surface area contributed by atoms with Gasteiger partial charge in [-0.1, -0.05) is 12.1 Å². The quantitative estimate of drug-likeness (QED) is 0.275. The molecular weight excluding hydrogens is 476 g/mol. The zero-order valence-corrected chi connectivity index (χ0v) is 17.5. The molecule has 0 spiro atoms. The van der Waals surface area contributed by atoms with Gasteiger partial charge in [-0.05, 0) is 26.0 Å². The highest BCUT2D eigenvalue weighted by molar-refractivity contribution is 14.0. The van der Waals surface area contributed by atoms with Crippen molar-refractivity contribution in [2.75, 3.05) is 20.2 Å². The van der Waals surface area contributed by atoms with Crippen LogP contribution in [0.15, 0.2) is 33.7 Å². The average Bonchev–Trinajstić information content (AvgIpc) is 2.91. The van der Waals surface area contributed by atoms with Crippen LogP contribution >= 0.6 is 24.0 Å². The molecule has 0 aliphatic rings. The number of nitrogens with one attached hydrogen (secondary N) is 2. The molecule has 10 heteroatoms. The molecule has 27 heavy (non-hydrogen) atoms. The normalized spacial score (nSPS) is 11.7. The number of para-hydroxylation sites is 1. The minimum absolute atomic E-state index is 0. The molecular formula is C17H22F3IN4O2. The first-order valence-corrected chi connectivity index (χ1v) is 7.97. The van der Waals surface area contributed by atoms with Gasteiger partial charge in [-0.3, -0.25) is 4.99 Å². The number of alkyl halides is 3. The summed E-state index contributed by atoms with van der Waals surface area (Å²) in [6, 6.07) is 5.11. The maximum Gasteiger partial charge on any atom is 0.419 e. The molecule has 1 heterocycles. The van der Waals surface area contributed by atoms with E-state index in [0.29, 0.717) is 18.4 Å². The van der Waals surface area contributed by atoms with E-state index in [4.69, 9.17) is 9.15 Å². The van der Waals surface area contributed by atoms with Crippen molar-refractivity contribution in [3.63, 3.8) is 0 Å². The van der Waals surface area contributed by atoms with Crippen LogP contribution in [0.2, 0.25) is 0 Å². The number of nitrogens with zero attached hydrogens (tertiary/aromatic N) is 2. The summed E-state index contributed by atoms with van der Waals surface area (Å²) in [7, 11) is 1.58. The molecule has 0 amide bonds. The number of benzene rings is 1. The number of rotatable bonds is 6. The van der Waals surface area contributed by atoms with Gasteiger partial charge in [0.15, 0.2) is 5.96 Å². The predicted octanol–water partition coefficient (Wildman–Crippen LogP) is 3.67. The summed E-state index contributed by atoms with van der Waals surface area (Å²) < 4.78 is 49.4. The lowest BCUT2D eigenvalue weighted by Crippen LogP contribution is -2.39. The lowest BCUT2D eigenvalue weighted by Gasteiger charge is -2.15. The molecule has 0 aliphatic carbocycles. The van der Waals surface area contributed by atoms with Crippen LogP contribution in [0.1, 0.15) is 22.9 Å². The number of aliphatic imine (C=N–C) groups is 1. The Bertz CT molecular complexity index is 743. The minimum atomic E-state index is -4.45. The van der Waals surface area contributed by atoms with E-state index >= 15 is 0 Å². The number of aromatic nitrogens is 1. The lowest BCUT2D eigenvalue weighted by molar-refractivity contribution is -0.138. The molecule has 0 atom stereocenters. The molecule has 0 unspecified atom stereocenters. The fraction of sp³-hybridized carbons (Fsp3) is 0.412. The molecule has 2 rings (SSSR count). The zero-order valence-electron chi connectivity index (χ0n) is 15.2. The van der Waals surface area contributed by atoms with Gasteiger partial charge in [0.05, 0.1) is 24.3 Å². The van der Waals surface area contributed by atoms with E-state index in [2.05, 4.69) is 20.6 Å². The van der Waals surface area contributed by atoms with Gasteiger partial charge < -0.3 is 19.8 Å². The van der Waals surface area contributed by atoms with Crippen molar-refractivity contribution in [3.8, 4) is 5.75 Å². The molecule has 1 aromatic carbocycles. The summed E-state index contributed by atoms with van der Waals surface area (Å²) >= 11 is 0. The molecule has 6 nitrogen and oxygen atoms in total. The van der Waals surface area contributed by atoms with Gasteiger partial charge in [0.25, 0.3) is 0 Å². The van der Waals surface area contributed by atoms with Gasteiger partial charge in [-0.25, -0.2) is 4.98 Å². The summed E-state index contributed by atoms with van der Waals surface area (Å²) in [4.78, 5) is 8.27. The highest BCUT2D eigenvalue weighted by Crippen LogP contribution is 2.35. The molecule has 0 fully saturated rings. The van der Waals surface area contributed by atoms with Gasteiger partial charge in [0.2, 0.25) is 5.89 Å². The fourth-order valence-electron chi connectivity index (χ4n) is 2.15. The molecule has 150 valence electrons. The summed E-state index contributed by atoms with van der Waals surface area (Å²) in [5.41, 5.74) is 0.0265. The predicted molar refractivity (Wildman–Crippen MR) is 107 cm³/mol. The van der Waals surface area contributed by atoms with Crippen molar-refractivity contribution in [1.82, 2.24) is 15.6 Å². The number of halogens is 4. The summed E-state index contributed by atoms with van der Waals surface area (Å²) in [6.45, 7) is 4.34.